The van der Waals surface area contributed by atoms with Crippen molar-refractivity contribution in [2.45, 2.75) is 10.6 Å². The molecule has 0 saturated heterocycles. The van der Waals surface area contributed by atoms with Crippen LogP contribution in [0.25, 0.3) is 0 Å². The van der Waals surface area contributed by atoms with Gasteiger partial charge >= 0.3 is 5.97 Å². The molecule has 3 nitrogen and oxygen atoms in total. The predicted octanol–water partition coefficient (Wildman–Crippen LogP) is 3.73. The molecule has 1 unspecified atom stereocenters. The molecule has 0 heterocycles. The van der Waals surface area contributed by atoms with Crippen LogP contribution in [0.3, 0.4) is 0 Å². The SMILES string of the molecule is O=C(O)c1cc(S(=O)Cc2ccc(F)c(Br)c2)ccc1F. The summed E-state index contributed by atoms with van der Waals surface area (Å²) in [5, 5.41) is 8.84. The molecule has 2 aromatic rings. The summed E-state index contributed by atoms with van der Waals surface area (Å²) in [7, 11) is -1.56. The summed E-state index contributed by atoms with van der Waals surface area (Å²) in [5.41, 5.74) is 0.0870. The standard InChI is InChI=1S/C14H9BrF2O3S/c15-11-5-8(1-3-13(11)17)7-21(20)9-2-4-12(16)10(6-9)14(18)19/h1-6H,7H2,(H,18,19). The smallest absolute Gasteiger partial charge is 0.338 e. The van der Waals surface area contributed by atoms with Crippen LogP contribution in [-0.4, -0.2) is 15.3 Å². The second-order valence-corrected chi connectivity index (χ2v) is 6.49. The maximum Gasteiger partial charge on any atom is 0.338 e. The Morgan fingerprint density at radius 1 is 1.14 bits per heavy atom. The molecule has 1 N–H and O–H groups in total. The van der Waals surface area contributed by atoms with Gasteiger partial charge in [0.2, 0.25) is 0 Å². The van der Waals surface area contributed by atoms with Crippen LogP contribution in [0.15, 0.2) is 45.8 Å². The van der Waals surface area contributed by atoms with Crippen LogP contribution in [-0.2, 0) is 16.6 Å². The van der Waals surface area contributed by atoms with Crippen LogP contribution in [0.2, 0.25) is 0 Å². The number of carboxylic acid groups (broad SMARTS) is 1. The van der Waals surface area contributed by atoms with E-state index in [9.17, 15) is 17.8 Å². The van der Waals surface area contributed by atoms with Crippen LogP contribution < -0.4 is 0 Å². The summed E-state index contributed by atoms with van der Waals surface area (Å²) in [6.07, 6.45) is 0. The number of halogens is 3. The maximum absolute atomic E-state index is 13.3. The molecule has 2 rings (SSSR count). The Kier molecular flexibility index (Phi) is 4.84. The number of aromatic carboxylic acids is 1. The van der Waals surface area contributed by atoms with Crippen molar-refractivity contribution in [3.8, 4) is 0 Å². The third-order valence-electron chi connectivity index (χ3n) is 2.71. The van der Waals surface area contributed by atoms with E-state index in [2.05, 4.69) is 15.9 Å². The molecule has 0 bridgehead atoms. The Hall–Kier alpha value is -1.60. The third-order valence-corrected chi connectivity index (χ3v) is 4.70. The molecular weight excluding hydrogens is 366 g/mol. The van der Waals surface area contributed by atoms with Crippen molar-refractivity contribution in [2.75, 3.05) is 0 Å². The molecule has 0 saturated carbocycles. The van der Waals surface area contributed by atoms with Crippen molar-refractivity contribution in [3.63, 3.8) is 0 Å². The minimum atomic E-state index is -1.56. The van der Waals surface area contributed by atoms with Gasteiger partial charge in [-0.1, -0.05) is 6.07 Å². The Labute approximate surface area is 130 Å². The Morgan fingerprint density at radius 2 is 1.81 bits per heavy atom. The van der Waals surface area contributed by atoms with Crippen molar-refractivity contribution in [1.29, 1.82) is 0 Å². The van der Waals surface area contributed by atoms with Crippen LogP contribution in [0.5, 0.6) is 0 Å². The van der Waals surface area contributed by atoms with E-state index in [1.165, 1.54) is 24.3 Å². The van der Waals surface area contributed by atoms with Gasteiger partial charge in [-0.25, -0.2) is 13.6 Å². The van der Waals surface area contributed by atoms with Gasteiger partial charge in [0.15, 0.2) is 0 Å². The third kappa shape index (κ3) is 3.74. The molecule has 0 spiro atoms. The average molecular weight is 375 g/mol. The fourth-order valence-corrected chi connectivity index (χ4v) is 3.22. The first kappa shape index (κ1) is 15.8. The van der Waals surface area contributed by atoms with Gasteiger partial charge in [-0.2, -0.15) is 0 Å². The lowest BCUT2D eigenvalue weighted by Gasteiger charge is -2.05. The van der Waals surface area contributed by atoms with Gasteiger partial charge in [-0.05, 0) is 51.8 Å². The Balaban J connectivity index is 2.26. The summed E-state index contributed by atoms with van der Waals surface area (Å²) >= 11 is 3.03. The van der Waals surface area contributed by atoms with E-state index in [1.54, 1.807) is 0 Å². The lowest BCUT2D eigenvalue weighted by Crippen LogP contribution is -2.04. The molecule has 0 fully saturated rings. The van der Waals surface area contributed by atoms with Crippen molar-refractivity contribution >= 4 is 32.7 Å². The van der Waals surface area contributed by atoms with Crippen LogP contribution in [0, 0.1) is 11.6 Å². The first-order valence-electron chi connectivity index (χ1n) is 5.73. The highest BCUT2D eigenvalue weighted by atomic mass is 79.9. The van der Waals surface area contributed by atoms with E-state index in [1.807, 2.05) is 0 Å². The summed E-state index contributed by atoms with van der Waals surface area (Å²) < 4.78 is 38.8. The molecule has 2 aromatic carbocycles. The van der Waals surface area contributed by atoms with Crippen molar-refractivity contribution in [3.05, 3.63) is 63.6 Å². The van der Waals surface area contributed by atoms with Gasteiger partial charge in [0.25, 0.3) is 0 Å². The normalized spacial score (nSPS) is 12.1. The first-order chi connectivity index (χ1) is 9.88. The van der Waals surface area contributed by atoms with E-state index in [-0.39, 0.29) is 15.1 Å². The number of hydrogen-bond donors (Lipinski definition) is 1. The minimum Gasteiger partial charge on any atom is -0.478 e. The van der Waals surface area contributed by atoms with E-state index >= 15 is 0 Å². The summed E-state index contributed by atoms with van der Waals surface area (Å²) in [4.78, 5) is 11.1. The zero-order valence-corrected chi connectivity index (χ0v) is 12.9. The molecule has 0 radical (unpaired) electrons. The zero-order valence-electron chi connectivity index (χ0n) is 10.5. The number of carboxylic acids is 1. The highest BCUT2D eigenvalue weighted by Gasteiger charge is 2.14. The highest BCUT2D eigenvalue weighted by Crippen LogP contribution is 2.21. The molecule has 0 aliphatic carbocycles. The quantitative estimate of drug-likeness (QED) is 0.886. The molecule has 1 atom stereocenters. The van der Waals surface area contributed by atoms with E-state index in [0.29, 0.717) is 5.56 Å². The molecule has 21 heavy (non-hydrogen) atoms. The van der Waals surface area contributed by atoms with Gasteiger partial charge in [0.1, 0.15) is 11.6 Å². The van der Waals surface area contributed by atoms with Crippen LogP contribution in [0.4, 0.5) is 8.78 Å². The van der Waals surface area contributed by atoms with E-state index in [4.69, 9.17) is 5.11 Å². The minimum absolute atomic E-state index is 0.0730. The summed E-state index contributed by atoms with van der Waals surface area (Å²) in [5.74, 6) is -2.66. The summed E-state index contributed by atoms with van der Waals surface area (Å²) in [6, 6.07) is 7.51. The van der Waals surface area contributed by atoms with Gasteiger partial charge < -0.3 is 5.11 Å². The molecule has 0 aliphatic heterocycles. The second-order valence-electron chi connectivity index (χ2n) is 4.19. The second kappa shape index (κ2) is 6.44. The van der Waals surface area contributed by atoms with Gasteiger partial charge in [-0.3, -0.25) is 4.21 Å². The molecular formula is C14H9BrF2O3S. The van der Waals surface area contributed by atoms with Gasteiger partial charge in [-0.15, -0.1) is 0 Å². The Bertz CT molecular complexity index is 734. The number of rotatable bonds is 4. The lowest BCUT2D eigenvalue weighted by molar-refractivity contribution is 0.0691. The first-order valence-corrected chi connectivity index (χ1v) is 7.85. The van der Waals surface area contributed by atoms with E-state index in [0.717, 1.165) is 12.1 Å². The monoisotopic (exact) mass is 374 g/mol. The number of benzene rings is 2. The largest absolute Gasteiger partial charge is 0.478 e. The fourth-order valence-electron chi connectivity index (χ4n) is 1.67. The maximum atomic E-state index is 13.3. The molecule has 110 valence electrons. The lowest BCUT2D eigenvalue weighted by atomic mass is 10.2. The summed E-state index contributed by atoms with van der Waals surface area (Å²) in [6.45, 7) is 0. The molecule has 7 heteroatoms. The fraction of sp³-hybridized carbons (Fsp3) is 0.0714. The van der Waals surface area contributed by atoms with Crippen molar-refractivity contribution in [1.82, 2.24) is 0 Å². The van der Waals surface area contributed by atoms with Crippen molar-refractivity contribution in [2.24, 2.45) is 0 Å². The van der Waals surface area contributed by atoms with Crippen LogP contribution in [0.1, 0.15) is 15.9 Å². The average Bonchev–Trinajstić information content (AvgIpc) is 2.43. The molecule has 0 amide bonds. The van der Waals surface area contributed by atoms with E-state index < -0.39 is 34.0 Å². The van der Waals surface area contributed by atoms with Gasteiger partial charge in [0.05, 0.1) is 26.6 Å². The number of carbonyl (C=O) groups is 1. The molecule has 0 aromatic heterocycles. The number of hydrogen-bond acceptors (Lipinski definition) is 2. The highest BCUT2D eigenvalue weighted by molar-refractivity contribution is 9.10. The Morgan fingerprint density at radius 3 is 2.43 bits per heavy atom. The zero-order chi connectivity index (χ0) is 15.6. The molecule has 0 aliphatic rings. The van der Waals surface area contributed by atoms with Crippen LogP contribution >= 0.6 is 15.9 Å². The topological polar surface area (TPSA) is 54.4 Å². The van der Waals surface area contributed by atoms with Crippen molar-refractivity contribution < 1.29 is 22.9 Å². The van der Waals surface area contributed by atoms with Gasteiger partial charge in [0, 0.05) is 4.90 Å². The predicted molar refractivity (Wildman–Crippen MR) is 77.6 cm³/mol.